The van der Waals surface area contributed by atoms with E-state index in [9.17, 15) is 0 Å². The van der Waals surface area contributed by atoms with Crippen LogP contribution in [-0.4, -0.2) is 6.61 Å². The van der Waals surface area contributed by atoms with Crippen molar-refractivity contribution in [1.29, 1.82) is 5.26 Å². The Labute approximate surface area is 90.0 Å². The van der Waals surface area contributed by atoms with Crippen molar-refractivity contribution in [3.63, 3.8) is 0 Å². The summed E-state index contributed by atoms with van der Waals surface area (Å²) in [5.74, 6) is 0.517. The molecule has 0 bridgehead atoms. The molecule has 0 atom stereocenters. The highest BCUT2D eigenvalue weighted by Crippen LogP contribution is 2.00. The molecule has 0 aromatic heterocycles. The molecule has 0 spiro atoms. The van der Waals surface area contributed by atoms with Gasteiger partial charge in [0, 0.05) is 6.54 Å². The summed E-state index contributed by atoms with van der Waals surface area (Å²) in [6, 6.07) is 11.9. The molecule has 0 amide bonds. The van der Waals surface area contributed by atoms with Crippen molar-refractivity contribution < 1.29 is 4.74 Å². The standard InChI is InChI=1S/C12H14N2O/c1-2-15-12(8-9-13)14-10-11-6-4-3-5-7-11/h3-8,14H,2,10H2,1H3/b12-8-. The van der Waals surface area contributed by atoms with Gasteiger partial charge in [-0.15, -0.1) is 0 Å². The lowest BCUT2D eigenvalue weighted by Gasteiger charge is -2.09. The maximum Gasteiger partial charge on any atom is 0.197 e. The number of nitrogens with one attached hydrogen (secondary N) is 1. The largest absolute Gasteiger partial charge is 0.479 e. The number of benzene rings is 1. The lowest BCUT2D eigenvalue weighted by Crippen LogP contribution is -2.15. The Balaban J connectivity index is 2.48. The molecule has 1 rings (SSSR count). The fourth-order valence-electron chi connectivity index (χ4n) is 1.14. The molecular formula is C12H14N2O. The number of nitriles is 1. The van der Waals surface area contributed by atoms with E-state index in [0.717, 1.165) is 5.56 Å². The van der Waals surface area contributed by atoms with Gasteiger partial charge in [0.2, 0.25) is 0 Å². The van der Waals surface area contributed by atoms with Gasteiger partial charge in [-0.25, -0.2) is 0 Å². The van der Waals surface area contributed by atoms with Crippen LogP contribution in [0.5, 0.6) is 0 Å². The molecule has 78 valence electrons. The third-order valence-corrected chi connectivity index (χ3v) is 1.81. The van der Waals surface area contributed by atoms with E-state index in [1.165, 1.54) is 6.08 Å². The van der Waals surface area contributed by atoms with Gasteiger partial charge in [0.1, 0.15) is 0 Å². The fourth-order valence-corrected chi connectivity index (χ4v) is 1.14. The molecule has 0 heterocycles. The van der Waals surface area contributed by atoms with Crippen molar-refractivity contribution in [1.82, 2.24) is 5.32 Å². The number of ether oxygens (including phenoxy) is 1. The van der Waals surface area contributed by atoms with Crippen molar-refractivity contribution in [2.24, 2.45) is 0 Å². The van der Waals surface area contributed by atoms with Crippen molar-refractivity contribution in [2.75, 3.05) is 6.61 Å². The molecule has 1 N–H and O–H groups in total. The summed E-state index contributed by atoms with van der Waals surface area (Å²) < 4.78 is 5.23. The minimum absolute atomic E-state index is 0.517. The van der Waals surface area contributed by atoms with E-state index >= 15 is 0 Å². The Morgan fingerprint density at radius 2 is 2.20 bits per heavy atom. The fraction of sp³-hybridized carbons (Fsp3) is 0.250. The minimum Gasteiger partial charge on any atom is -0.479 e. The zero-order valence-corrected chi connectivity index (χ0v) is 8.73. The highest BCUT2D eigenvalue weighted by atomic mass is 16.5. The maximum absolute atomic E-state index is 8.51. The molecular weight excluding hydrogens is 188 g/mol. The van der Waals surface area contributed by atoms with Gasteiger partial charge in [-0.05, 0) is 12.5 Å². The predicted octanol–water partition coefficient (Wildman–Crippen LogP) is 2.18. The molecule has 3 heteroatoms. The van der Waals surface area contributed by atoms with Gasteiger partial charge in [0.15, 0.2) is 5.88 Å². The van der Waals surface area contributed by atoms with Gasteiger partial charge in [0.05, 0.1) is 18.8 Å². The Bertz CT molecular complexity index is 352. The number of allylic oxidation sites excluding steroid dienone is 1. The Hall–Kier alpha value is -1.95. The van der Waals surface area contributed by atoms with Gasteiger partial charge in [-0.2, -0.15) is 5.26 Å². The summed E-state index contributed by atoms with van der Waals surface area (Å²) in [5.41, 5.74) is 1.15. The van der Waals surface area contributed by atoms with Gasteiger partial charge >= 0.3 is 0 Å². The van der Waals surface area contributed by atoms with Crippen LogP contribution in [0, 0.1) is 11.3 Å². The van der Waals surface area contributed by atoms with E-state index < -0.39 is 0 Å². The normalized spacial score (nSPS) is 10.5. The first-order valence-electron chi connectivity index (χ1n) is 4.87. The van der Waals surface area contributed by atoms with Gasteiger partial charge in [-0.3, -0.25) is 0 Å². The predicted molar refractivity (Wildman–Crippen MR) is 58.6 cm³/mol. The molecule has 0 aliphatic rings. The molecule has 3 nitrogen and oxygen atoms in total. The van der Waals surface area contributed by atoms with E-state index in [-0.39, 0.29) is 0 Å². The Kier molecular flexibility index (Phi) is 4.82. The van der Waals surface area contributed by atoms with E-state index in [1.807, 2.05) is 43.3 Å². The first-order valence-corrected chi connectivity index (χ1v) is 4.87. The topological polar surface area (TPSA) is 45.0 Å². The second-order valence-corrected chi connectivity index (χ2v) is 2.91. The zero-order valence-electron chi connectivity index (χ0n) is 8.73. The molecule has 0 radical (unpaired) electrons. The summed E-state index contributed by atoms with van der Waals surface area (Å²) in [6.07, 6.45) is 1.37. The third kappa shape index (κ3) is 4.19. The molecule has 0 aliphatic heterocycles. The SMILES string of the molecule is CCO/C(=C\C#N)NCc1ccccc1. The monoisotopic (exact) mass is 202 g/mol. The smallest absolute Gasteiger partial charge is 0.197 e. The summed E-state index contributed by atoms with van der Waals surface area (Å²) in [5, 5.41) is 11.6. The van der Waals surface area contributed by atoms with Crippen LogP contribution in [0.15, 0.2) is 42.3 Å². The van der Waals surface area contributed by atoms with Crippen molar-refractivity contribution in [2.45, 2.75) is 13.5 Å². The summed E-state index contributed by atoms with van der Waals surface area (Å²) in [4.78, 5) is 0. The summed E-state index contributed by atoms with van der Waals surface area (Å²) in [6.45, 7) is 3.10. The molecule has 0 fully saturated rings. The van der Waals surface area contributed by atoms with E-state index in [0.29, 0.717) is 19.0 Å². The first-order chi connectivity index (χ1) is 7.36. The van der Waals surface area contributed by atoms with E-state index in [4.69, 9.17) is 10.00 Å². The molecule has 0 aliphatic carbocycles. The molecule has 0 saturated carbocycles. The molecule has 1 aromatic rings. The number of hydrogen-bond acceptors (Lipinski definition) is 3. The van der Waals surface area contributed by atoms with Crippen LogP contribution in [0.3, 0.4) is 0 Å². The van der Waals surface area contributed by atoms with Crippen LogP contribution < -0.4 is 5.32 Å². The van der Waals surface area contributed by atoms with Crippen LogP contribution in [0.2, 0.25) is 0 Å². The van der Waals surface area contributed by atoms with E-state index in [2.05, 4.69) is 5.32 Å². The molecule has 0 unspecified atom stereocenters. The quantitative estimate of drug-likeness (QED) is 0.588. The number of rotatable bonds is 5. The van der Waals surface area contributed by atoms with Crippen LogP contribution in [0.1, 0.15) is 12.5 Å². The van der Waals surface area contributed by atoms with Crippen LogP contribution in [0.25, 0.3) is 0 Å². The first kappa shape index (κ1) is 11.1. The molecule has 0 saturated heterocycles. The van der Waals surface area contributed by atoms with Gasteiger partial charge in [0.25, 0.3) is 0 Å². The highest BCUT2D eigenvalue weighted by Gasteiger charge is 1.96. The summed E-state index contributed by atoms with van der Waals surface area (Å²) in [7, 11) is 0. The van der Waals surface area contributed by atoms with E-state index in [1.54, 1.807) is 0 Å². The lowest BCUT2D eigenvalue weighted by atomic mass is 10.2. The lowest BCUT2D eigenvalue weighted by molar-refractivity contribution is 0.205. The van der Waals surface area contributed by atoms with Crippen molar-refractivity contribution in [3.05, 3.63) is 47.9 Å². The average Bonchev–Trinajstić information content (AvgIpc) is 2.28. The van der Waals surface area contributed by atoms with Crippen LogP contribution >= 0.6 is 0 Å². The zero-order chi connectivity index (χ0) is 10.9. The second-order valence-electron chi connectivity index (χ2n) is 2.91. The third-order valence-electron chi connectivity index (χ3n) is 1.81. The van der Waals surface area contributed by atoms with Gasteiger partial charge in [-0.1, -0.05) is 30.3 Å². The highest BCUT2D eigenvalue weighted by molar-refractivity contribution is 5.16. The summed E-state index contributed by atoms with van der Waals surface area (Å²) >= 11 is 0. The van der Waals surface area contributed by atoms with Crippen LogP contribution in [0.4, 0.5) is 0 Å². The van der Waals surface area contributed by atoms with Gasteiger partial charge < -0.3 is 10.1 Å². The number of nitrogens with zero attached hydrogens (tertiary/aromatic N) is 1. The second kappa shape index (κ2) is 6.50. The minimum atomic E-state index is 0.517. The van der Waals surface area contributed by atoms with Crippen LogP contribution in [-0.2, 0) is 11.3 Å². The van der Waals surface area contributed by atoms with Crippen molar-refractivity contribution in [3.8, 4) is 6.07 Å². The Morgan fingerprint density at radius 1 is 1.47 bits per heavy atom. The maximum atomic E-state index is 8.51. The number of hydrogen-bond donors (Lipinski definition) is 1. The van der Waals surface area contributed by atoms with Crippen molar-refractivity contribution >= 4 is 0 Å². The average molecular weight is 202 g/mol. The Morgan fingerprint density at radius 3 is 2.80 bits per heavy atom. The molecule has 1 aromatic carbocycles. The molecule has 15 heavy (non-hydrogen) atoms.